The molecule has 0 bridgehead atoms. The number of benzene rings is 2. The number of unbranched alkanes of at least 4 members (excludes halogenated alkanes) is 1. The monoisotopic (exact) mass is 975 g/mol. The van der Waals surface area contributed by atoms with Crippen molar-refractivity contribution in [2.75, 3.05) is 46.7 Å². The van der Waals surface area contributed by atoms with Gasteiger partial charge in [0, 0.05) is 48.6 Å². The number of likely N-dealkylation sites (N-methyl/N-ethyl adjacent to an activating group) is 1. The van der Waals surface area contributed by atoms with E-state index in [9.17, 15) is 19.2 Å². The van der Waals surface area contributed by atoms with Crippen LogP contribution in [0.15, 0.2) is 65.1 Å². The van der Waals surface area contributed by atoms with Gasteiger partial charge in [-0.1, -0.05) is 102 Å². The lowest BCUT2D eigenvalue weighted by molar-refractivity contribution is -0.150. The summed E-state index contributed by atoms with van der Waals surface area (Å²) >= 11 is 1.33. The van der Waals surface area contributed by atoms with E-state index in [0.29, 0.717) is 62.8 Å². The molecule has 69 heavy (non-hydrogen) atoms. The minimum atomic E-state index is -0.746. The Kier molecular flexibility index (Phi) is 25.0. The van der Waals surface area contributed by atoms with Crippen molar-refractivity contribution >= 4 is 35.0 Å². The van der Waals surface area contributed by atoms with Crippen LogP contribution >= 0.6 is 11.3 Å². The molecular formula is C52H78N8O8S. The van der Waals surface area contributed by atoms with E-state index in [4.69, 9.17) is 29.5 Å². The first-order chi connectivity index (χ1) is 33.3. The summed E-state index contributed by atoms with van der Waals surface area (Å²) in [6.45, 7) is 16.7. The maximum Gasteiger partial charge on any atom is 0.309 e. The van der Waals surface area contributed by atoms with Gasteiger partial charge in [-0.25, -0.2) is 4.98 Å². The summed E-state index contributed by atoms with van der Waals surface area (Å²) in [5.74, 6) is -1.04. The fraction of sp³-hybridized carbons (Fsp3) is 0.635. The number of ether oxygens (including phenoxy) is 4. The number of aromatic nitrogens is 1. The van der Waals surface area contributed by atoms with E-state index < -0.39 is 24.1 Å². The molecule has 1 fully saturated rings. The fourth-order valence-corrected chi connectivity index (χ4v) is 9.28. The number of nitrogens with one attached hydrogen (secondary N) is 2. The smallest absolute Gasteiger partial charge is 0.309 e. The van der Waals surface area contributed by atoms with Gasteiger partial charge in [0.2, 0.25) is 11.8 Å². The SMILES string of the molecule is CCCO[C@H](C[C@H](C(C)C)N(COCC)C(=O)[C@@H](NC(=O)C1CCCCN1C)[C@@H](C)CC)c1nc(C(=O)N[C@@H](Cc2ccc(OCCCCN=[N+]=[N-])cc2)C[C@H](C)C(=O)OCc2ccccc2)cs1. The van der Waals surface area contributed by atoms with E-state index in [1.54, 1.807) is 17.2 Å². The lowest BCUT2D eigenvalue weighted by Crippen LogP contribution is -2.59. The second-order valence-corrected chi connectivity index (χ2v) is 19.4. The molecule has 2 aromatic carbocycles. The minimum absolute atomic E-state index is 0.0271. The molecule has 1 aromatic heterocycles. The predicted molar refractivity (Wildman–Crippen MR) is 269 cm³/mol. The van der Waals surface area contributed by atoms with Crippen molar-refractivity contribution in [3.63, 3.8) is 0 Å². The quantitative estimate of drug-likeness (QED) is 0.0156. The Labute approximate surface area is 414 Å². The largest absolute Gasteiger partial charge is 0.494 e. The molecule has 1 aliphatic heterocycles. The Morgan fingerprint density at radius 1 is 0.957 bits per heavy atom. The first-order valence-electron chi connectivity index (χ1n) is 25.0. The standard InChI is InChI=1S/C52H78N8O8S/c1-9-28-67-46(32-45(36(4)5)60(35-65-11-3)51(63)47(37(6)10-2)57-49(62)44-21-15-17-27-59(44)8)50-56-43(34-69-50)48(61)55-41(30-38(7)52(64)68-33-40-19-13-12-14-20-40)31-39-22-24-42(25-23-39)66-29-18-16-26-54-58-53/h12-14,19-20,22-25,34,36-38,41,44-47H,9-11,15-18,21,26-33,35H2,1-8H3,(H,55,61)(H,57,62)/t37-,38-,41+,44?,45+,46+,47-/m0/s1. The van der Waals surface area contributed by atoms with Gasteiger partial charge in [-0.05, 0) is 106 Å². The minimum Gasteiger partial charge on any atom is -0.494 e. The normalized spacial score (nSPS) is 16.6. The van der Waals surface area contributed by atoms with E-state index >= 15 is 0 Å². The fourth-order valence-electron chi connectivity index (χ4n) is 8.42. The summed E-state index contributed by atoms with van der Waals surface area (Å²) < 4.78 is 24.1. The highest BCUT2D eigenvalue weighted by molar-refractivity contribution is 7.09. The molecule has 0 spiro atoms. The Hall–Kier alpha value is -5.06. The number of likely N-dealkylation sites (tertiary alicyclic amines) is 1. The maximum absolute atomic E-state index is 14.8. The van der Waals surface area contributed by atoms with E-state index in [1.165, 1.54) is 11.3 Å². The lowest BCUT2D eigenvalue weighted by Gasteiger charge is -2.40. The van der Waals surface area contributed by atoms with Crippen LogP contribution in [0.2, 0.25) is 0 Å². The number of esters is 1. The molecule has 0 saturated carbocycles. The summed E-state index contributed by atoms with van der Waals surface area (Å²) in [5.41, 5.74) is 10.6. The molecule has 0 aliphatic carbocycles. The summed E-state index contributed by atoms with van der Waals surface area (Å²) in [6, 6.07) is 15.3. The molecule has 17 heteroatoms. The number of amides is 3. The predicted octanol–water partition coefficient (Wildman–Crippen LogP) is 9.44. The van der Waals surface area contributed by atoms with Gasteiger partial charge in [-0.2, -0.15) is 0 Å². The van der Waals surface area contributed by atoms with Gasteiger partial charge in [-0.15, -0.1) is 11.3 Å². The zero-order valence-electron chi connectivity index (χ0n) is 42.3. The van der Waals surface area contributed by atoms with Crippen molar-refractivity contribution in [1.29, 1.82) is 0 Å². The van der Waals surface area contributed by atoms with Gasteiger partial charge in [0.25, 0.3) is 5.91 Å². The highest BCUT2D eigenvalue weighted by Crippen LogP contribution is 2.32. The first kappa shape index (κ1) is 56.5. The van der Waals surface area contributed by atoms with Crippen molar-refractivity contribution in [3.8, 4) is 5.75 Å². The highest BCUT2D eigenvalue weighted by atomic mass is 32.1. The summed E-state index contributed by atoms with van der Waals surface area (Å²) in [4.78, 5) is 67.6. The van der Waals surface area contributed by atoms with E-state index in [-0.39, 0.29) is 66.6 Å². The third kappa shape index (κ3) is 18.7. The van der Waals surface area contributed by atoms with Crippen LogP contribution in [0, 0.1) is 17.8 Å². The number of thiazole rings is 1. The lowest BCUT2D eigenvalue weighted by atomic mass is 9.92. The Morgan fingerprint density at radius 2 is 1.71 bits per heavy atom. The number of azide groups is 1. The van der Waals surface area contributed by atoms with Crippen molar-refractivity contribution in [2.24, 2.45) is 22.9 Å². The molecule has 16 nitrogen and oxygen atoms in total. The zero-order valence-corrected chi connectivity index (χ0v) is 43.1. The summed E-state index contributed by atoms with van der Waals surface area (Å²) in [7, 11) is 1.97. The number of carbonyl (C=O) groups is 4. The first-order valence-corrected chi connectivity index (χ1v) is 25.9. The van der Waals surface area contributed by atoms with E-state index in [0.717, 1.165) is 56.2 Å². The van der Waals surface area contributed by atoms with E-state index in [2.05, 4.69) is 39.4 Å². The molecular weight excluding hydrogens is 897 g/mol. The molecule has 3 aromatic rings. The third-order valence-electron chi connectivity index (χ3n) is 12.7. The third-order valence-corrected chi connectivity index (χ3v) is 13.7. The molecule has 2 heterocycles. The topological polar surface area (TPSA) is 197 Å². The molecule has 1 unspecified atom stereocenters. The average molecular weight is 975 g/mol. The number of rotatable bonds is 31. The van der Waals surface area contributed by atoms with Crippen LogP contribution in [0.25, 0.3) is 10.4 Å². The van der Waals surface area contributed by atoms with Crippen LogP contribution in [-0.2, 0) is 41.6 Å². The molecule has 4 rings (SSSR count). The van der Waals surface area contributed by atoms with Crippen LogP contribution in [0.3, 0.4) is 0 Å². The molecule has 7 atom stereocenters. The number of piperidine rings is 1. The molecule has 1 saturated heterocycles. The molecule has 2 N–H and O–H groups in total. The zero-order chi connectivity index (χ0) is 50.1. The Bertz CT molecular complexity index is 2050. The van der Waals surface area contributed by atoms with Gasteiger partial charge in [-0.3, -0.25) is 24.1 Å². The van der Waals surface area contributed by atoms with Gasteiger partial charge in [0.1, 0.15) is 41.9 Å². The van der Waals surface area contributed by atoms with Crippen LogP contribution < -0.4 is 15.4 Å². The number of nitrogens with zero attached hydrogens (tertiary/aromatic N) is 6. The van der Waals surface area contributed by atoms with Crippen molar-refractivity contribution in [2.45, 2.75) is 150 Å². The molecule has 0 radical (unpaired) electrons. The van der Waals surface area contributed by atoms with E-state index in [1.807, 2.05) is 89.3 Å². The van der Waals surface area contributed by atoms with Crippen LogP contribution in [0.4, 0.5) is 0 Å². The number of hydrogen-bond acceptors (Lipinski definition) is 12. The van der Waals surface area contributed by atoms with Crippen LogP contribution in [0.1, 0.15) is 139 Å². The molecule has 3 amide bonds. The Morgan fingerprint density at radius 3 is 2.38 bits per heavy atom. The second kappa shape index (κ2) is 30.5. The van der Waals surface area contributed by atoms with Gasteiger partial charge in [0.15, 0.2) is 0 Å². The number of hydrogen-bond donors (Lipinski definition) is 2. The van der Waals surface area contributed by atoms with Crippen molar-refractivity contribution < 1.29 is 38.1 Å². The number of carbonyl (C=O) groups excluding carboxylic acids is 4. The van der Waals surface area contributed by atoms with Gasteiger partial charge < -0.3 is 34.5 Å². The second-order valence-electron chi connectivity index (χ2n) is 18.5. The van der Waals surface area contributed by atoms with Gasteiger partial charge in [0.05, 0.1) is 18.6 Å². The van der Waals surface area contributed by atoms with Gasteiger partial charge >= 0.3 is 5.97 Å². The maximum atomic E-state index is 14.8. The van der Waals surface area contributed by atoms with Crippen molar-refractivity contribution in [3.05, 3.63) is 92.2 Å². The highest BCUT2D eigenvalue weighted by Gasteiger charge is 2.39. The molecule has 1 aliphatic rings. The molecule has 380 valence electrons. The Balaban J connectivity index is 1.55. The summed E-state index contributed by atoms with van der Waals surface area (Å²) in [5, 5.41) is 12.3. The summed E-state index contributed by atoms with van der Waals surface area (Å²) in [6.07, 6.45) is 6.29. The van der Waals surface area contributed by atoms with Crippen molar-refractivity contribution in [1.82, 2.24) is 25.4 Å². The van der Waals surface area contributed by atoms with Crippen LogP contribution in [-0.4, -0.2) is 109 Å². The van der Waals surface area contributed by atoms with Crippen LogP contribution in [0.5, 0.6) is 5.75 Å². The average Bonchev–Trinajstić information content (AvgIpc) is 3.85.